The number of aliphatic hydroxyl groups excluding tert-OH is 1. The Morgan fingerprint density at radius 2 is 1.63 bits per heavy atom. The Morgan fingerprint density at radius 1 is 1.00 bits per heavy atom. The van der Waals surface area contributed by atoms with Crippen LogP contribution in [-0.4, -0.2) is 54.0 Å². The van der Waals surface area contributed by atoms with Crippen molar-refractivity contribution in [1.29, 1.82) is 0 Å². The minimum Gasteiger partial charge on any atom is -0.497 e. The molecule has 0 aliphatic rings. The van der Waals surface area contributed by atoms with Gasteiger partial charge >= 0.3 is 7.82 Å². The molecule has 2 aromatic rings. The Kier molecular flexibility index (Phi) is 9.10. The van der Waals surface area contributed by atoms with Crippen molar-refractivity contribution in [1.82, 2.24) is 0 Å². The van der Waals surface area contributed by atoms with Gasteiger partial charge < -0.3 is 34.8 Å². The molecule has 0 aliphatic heterocycles. The third kappa shape index (κ3) is 8.71. The summed E-state index contributed by atoms with van der Waals surface area (Å²) in [5.41, 5.74) is 5.66. The summed E-state index contributed by atoms with van der Waals surface area (Å²) in [4.78, 5) is 17.6. The van der Waals surface area contributed by atoms with Crippen LogP contribution in [0.25, 0.3) is 0 Å². The lowest BCUT2D eigenvalue weighted by molar-refractivity contribution is 0.102. The lowest BCUT2D eigenvalue weighted by Gasteiger charge is -2.27. The number of ether oxygens (including phenoxy) is 3. The highest BCUT2D eigenvalue weighted by atomic mass is 31.2. The molecule has 0 aromatic heterocycles. The second-order valence-electron chi connectivity index (χ2n) is 6.80. The monoisotopic (exact) mass is 441 g/mol. The molecule has 0 heterocycles. The van der Waals surface area contributed by atoms with Gasteiger partial charge in [-0.15, -0.1) is 0 Å². The van der Waals surface area contributed by atoms with Crippen LogP contribution < -0.4 is 19.9 Å². The number of aryl methyl sites for hydroxylation is 1. The fourth-order valence-corrected chi connectivity index (χ4v) is 2.99. The van der Waals surface area contributed by atoms with Gasteiger partial charge in [-0.3, -0.25) is 4.52 Å². The maximum Gasteiger partial charge on any atom is 0.469 e. The average Bonchev–Trinajstić information content (AvgIpc) is 2.74. The van der Waals surface area contributed by atoms with Crippen LogP contribution in [0, 0.1) is 0 Å². The minimum absolute atomic E-state index is 0.290. The summed E-state index contributed by atoms with van der Waals surface area (Å²) in [5, 5.41) is 9.44. The highest BCUT2D eigenvalue weighted by Crippen LogP contribution is 2.36. The molecule has 5 N–H and O–H groups in total. The first-order valence-electron chi connectivity index (χ1n) is 9.31. The fourth-order valence-electron chi connectivity index (χ4n) is 2.57. The van der Waals surface area contributed by atoms with Crippen LogP contribution >= 0.6 is 7.82 Å². The van der Waals surface area contributed by atoms with Crippen LogP contribution in [0.2, 0.25) is 0 Å². The molecule has 0 unspecified atom stereocenters. The van der Waals surface area contributed by atoms with Gasteiger partial charge in [0.05, 0.1) is 25.9 Å². The SMILES string of the molecule is COc1cccc(OCCOc2ccc(CC[C@](N)(CO)COP(=O)(O)O)cc2)c1. The van der Waals surface area contributed by atoms with Crippen molar-refractivity contribution in [2.45, 2.75) is 18.4 Å². The lowest BCUT2D eigenvalue weighted by atomic mass is 9.94. The molecule has 0 saturated heterocycles. The molecular formula is C20H28NO8P. The van der Waals surface area contributed by atoms with Crippen molar-refractivity contribution in [2.24, 2.45) is 5.73 Å². The smallest absolute Gasteiger partial charge is 0.469 e. The number of phosphoric ester groups is 1. The highest BCUT2D eigenvalue weighted by Gasteiger charge is 2.28. The predicted octanol–water partition coefficient (Wildman–Crippen LogP) is 1.88. The van der Waals surface area contributed by atoms with Crippen molar-refractivity contribution in [3.8, 4) is 17.2 Å². The molecule has 2 rings (SSSR count). The Bertz CT molecular complexity index is 826. The normalized spacial score (nSPS) is 13.5. The Labute approximate surface area is 175 Å². The molecule has 166 valence electrons. The molecule has 2 aromatic carbocycles. The topological polar surface area (TPSA) is 141 Å². The van der Waals surface area contributed by atoms with Crippen LogP contribution in [0.15, 0.2) is 48.5 Å². The maximum atomic E-state index is 10.8. The van der Waals surface area contributed by atoms with Crippen LogP contribution in [0.5, 0.6) is 17.2 Å². The van der Waals surface area contributed by atoms with E-state index in [2.05, 4.69) is 4.52 Å². The average molecular weight is 441 g/mol. The van der Waals surface area contributed by atoms with E-state index in [1.807, 2.05) is 42.5 Å². The molecule has 0 fully saturated rings. The van der Waals surface area contributed by atoms with E-state index in [1.54, 1.807) is 13.2 Å². The van der Waals surface area contributed by atoms with Crippen LogP contribution in [0.3, 0.4) is 0 Å². The molecule has 9 nitrogen and oxygen atoms in total. The van der Waals surface area contributed by atoms with Gasteiger partial charge in [0.25, 0.3) is 0 Å². The molecule has 0 spiro atoms. The van der Waals surface area contributed by atoms with Crippen molar-refractivity contribution in [3.05, 3.63) is 54.1 Å². The molecule has 1 atom stereocenters. The van der Waals surface area contributed by atoms with Gasteiger partial charge in [-0.2, -0.15) is 0 Å². The summed E-state index contributed by atoms with van der Waals surface area (Å²) in [7, 11) is -3.04. The van der Waals surface area contributed by atoms with Crippen LogP contribution in [0.1, 0.15) is 12.0 Å². The quantitative estimate of drug-likeness (QED) is 0.271. The zero-order valence-electron chi connectivity index (χ0n) is 16.8. The second-order valence-corrected chi connectivity index (χ2v) is 8.04. The number of hydrogen-bond acceptors (Lipinski definition) is 7. The van der Waals surface area contributed by atoms with E-state index in [1.165, 1.54) is 0 Å². The number of hydrogen-bond donors (Lipinski definition) is 4. The van der Waals surface area contributed by atoms with Gasteiger partial charge in [-0.05, 0) is 42.7 Å². The fraction of sp³-hybridized carbons (Fsp3) is 0.400. The summed E-state index contributed by atoms with van der Waals surface area (Å²) in [5.74, 6) is 2.10. The molecule has 0 amide bonds. The minimum atomic E-state index is -4.64. The van der Waals surface area contributed by atoms with Gasteiger partial charge in [-0.25, -0.2) is 4.57 Å². The first-order chi connectivity index (χ1) is 14.2. The summed E-state index contributed by atoms with van der Waals surface area (Å²) >= 11 is 0. The zero-order chi connectivity index (χ0) is 22.0. The van der Waals surface area contributed by atoms with Crippen molar-refractivity contribution >= 4 is 7.82 Å². The van der Waals surface area contributed by atoms with Crippen molar-refractivity contribution < 1.29 is 38.2 Å². The molecule has 10 heteroatoms. The van der Waals surface area contributed by atoms with Gasteiger partial charge in [0.2, 0.25) is 0 Å². The summed E-state index contributed by atoms with van der Waals surface area (Å²) < 4.78 is 31.7. The number of rotatable bonds is 13. The molecule has 0 bridgehead atoms. The van der Waals surface area contributed by atoms with Crippen molar-refractivity contribution in [3.63, 3.8) is 0 Å². The van der Waals surface area contributed by atoms with Gasteiger partial charge in [0.1, 0.15) is 30.5 Å². The summed E-state index contributed by atoms with van der Waals surface area (Å²) in [6.45, 7) is -0.156. The highest BCUT2D eigenvalue weighted by molar-refractivity contribution is 7.46. The van der Waals surface area contributed by atoms with Gasteiger partial charge in [0.15, 0.2) is 0 Å². The Hall–Kier alpha value is -2.13. The standard InChI is InChI=1S/C20H28NO8P/c1-26-18-3-2-4-19(13-18)28-12-11-27-17-7-5-16(6-8-17)9-10-20(21,14-22)15-29-30(23,24)25/h2-8,13,22H,9-12,14-15,21H2,1H3,(H2,23,24,25)/t20-/m0/s1. The molecular weight excluding hydrogens is 413 g/mol. The number of phosphoric acid groups is 1. The number of benzene rings is 2. The Morgan fingerprint density at radius 3 is 2.23 bits per heavy atom. The third-order valence-electron chi connectivity index (χ3n) is 4.33. The summed E-state index contributed by atoms with van der Waals surface area (Å²) in [6, 6.07) is 14.7. The van der Waals surface area contributed by atoms with E-state index in [0.29, 0.717) is 31.1 Å². The van der Waals surface area contributed by atoms with Crippen molar-refractivity contribution in [2.75, 3.05) is 33.5 Å². The summed E-state index contributed by atoms with van der Waals surface area (Å²) in [6.07, 6.45) is 0.791. The van der Waals surface area contributed by atoms with E-state index in [0.717, 1.165) is 11.3 Å². The number of nitrogens with two attached hydrogens (primary N) is 1. The second kappa shape index (κ2) is 11.3. The van der Waals surface area contributed by atoms with E-state index in [4.69, 9.17) is 29.7 Å². The van der Waals surface area contributed by atoms with E-state index < -0.39 is 26.6 Å². The van der Waals surface area contributed by atoms with E-state index in [-0.39, 0.29) is 6.42 Å². The maximum absolute atomic E-state index is 10.8. The van der Waals surface area contributed by atoms with Crippen LogP contribution in [-0.2, 0) is 15.5 Å². The molecule has 0 saturated carbocycles. The third-order valence-corrected chi connectivity index (χ3v) is 4.80. The largest absolute Gasteiger partial charge is 0.497 e. The first kappa shape index (κ1) is 24.1. The lowest BCUT2D eigenvalue weighted by Crippen LogP contribution is -2.48. The van der Waals surface area contributed by atoms with Crippen LogP contribution in [0.4, 0.5) is 0 Å². The first-order valence-corrected chi connectivity index (χ1v) is 10.8. The molecule has 0 aliphatic carbocycles. The molecule has 0 radical (unpaired) electrons. The number of aliphatic hydroxyl groups is 1. The molecule has 30 heavy (non-hydrogen) atoms. The van der Waals surface area contributed by atoms with E-state index in [9.17, 15) is 9.67 Å². The predicted molar refractivity (Wildman–Crippen MR) is 111 cm³/mol. The van der Waals surface area contributed by atoms with Gasteiger partial charge in [-0.1, -0.05) is 18.2 Å². The van der Waals surface area contributed by atoms with Gasteiger partial charge in [0, 0.05) is 6.07 Å². The zero-order valence-corrected chi connectivity index (χ0v) is 17.7. The van der Waals surface area contributed by atoms with E-state index >= 15 is 0 Å². The number of methoxy groups -OCH3 is 1. The Balaban J connectivity index is 1.75.